The fourth-order valence-corrected chi connectivity index (χ4v) is 1.02. The second kappa shape index (κ2) is 6.66. The smallest absolute Gasteiger partial charge is 0.236 e. The SMILES string of the molecule is C=CCN(CCC(C)C)C(=O)CN. The first kappa shape index (κ1) is 12.2. The van der Waals surface area contributed by atoms with E-state index in [4.69, 9.17) is 5.73 Å². The average Bonchev–Trinajstić information content (AvgIpc) is 2.10. The van der Waals surface area contributed by atoms with E-state index in [1.165, 1.54) is 0 Å². The predicted octanol–water partition coefficient (Wildman–Crippen LogP) is 1.01. The molecule has 0 saturated heterocycles. The Morgan fingerprint density at radius 2 is 2.23 bits per heavy atom. The van der Waals surface area contributed by atoms with E-state index in [1.807, 2.05) is 0 Å². The monoisotopic (exact) mass is 184 g/mol. The fourth-order valence-electron chi connectivity index (χ4n) is 1.02. The largest absolute Gasteiger partial charge is 0.338 e. The van der Waals surface area contributed by atoms with Gasteiger partial charge in [0.2, 0.25) is 5.91 Å². The van der Waals surface area contributed by atoms with Gasteiger partial charge < -0.3 is 10.6 Å². The summed E-state index contributed by atoms with van der Waals surface area (Å²) in [5, 5.41) is 0. The van der Waals surface area contributed by atoms with Crippen molar-refractivity contribution in [3.63, 3.8) is 0 Å². The number of carbonyl (C=O) groups excluding carboxylic acids is 1. The maximum Gasteiger partial charge on any atom is 0.236 e. The standard InChI is InChI=1S/C10H20N2O/c1-4-6-12(10(13)8-11)7-5-9(2)3/h4,9H,1,5-8,11H2,2-3H3. The molecule has 0 saturated carbocycles. The van der Waals surface area contributed by atoms with Crippen LogP contribution in [0.15, 0.2) is 12.7 Å². The van der Waals surface area contributed by atoms with Crippen molar-refractivity contribution in [2.75, 3.05) is 19.6 Å². The summed E-state index contributed by atoms with van der Waals surface area (Å²) in [5.74, 6) is 0.610. The van der Waals surface area contributed by atoms with Crippen molar-refractivity contribution in [2.45, 2.75) is 20.3 Å². The van der Waals surface area contributed by atoms with Gasteiger partial charge in [0.1, 0.15) is 0 Å². The Kier molecular flexibility index (Phi) is 6.24. The van der Waals surface area contributed by atoms with Gasteiger partial charge in [-0.2, -0.15) is 0 Å². The molecule has 0 bridgehead atoms. The van der Waals surface area contributed by atoms with Crippen molar-refractivity contribution >= 4 is 5.91 Å². The van der Waals surface area contributed by atoms with Gasteiger partial charge in [-0.15, -0.1) is 6.58 Å². The first-order chi connectivity index (χ1) is 6.11. The third-order valence-corrected chi connectivity index (χ3v) is 1.85. The van der Waals surface area contributed by atoms with Gasteiger partial charge >= 0.3 is 0 Å². The fraction of sp³-hybridized carbons (Fsp3) is 0.700. The molecule has 2 N–H and O–H groups in total. The number of carbonyl (C=O) groups is 1. The van der Waals surface area contributed by atoms with E-state index in [0.29, 0.717) is 12.5 Å². The van der Waals surface area contributed by atoms with Gasteiger partial charge in [-0.05, 0) is 12.3 Å². The number of nitrogens with two attached hydrogens (primary N) is 1. The van der Waals surface area contributed by atoms with E-state index in [1.54, 1.807) is 11.0 Å². The molecule has 1 amide bonds. The predicted molar refractivity (Wildman–Crippen MR) is 55.3 cm³/mol. The number of hydrogen-bond acceptors (Lipinski definition) is 2. The summed E-state index contributed by atoms with van der Waals surface area (Å²) in [6.45, 7) is 9.35. The second-order valence-corrected chi connectivity index (χ2v) is 3.52. The van der Waals surface area contributed by atoms with Crippen molar-refractivity contribution in [2.24, 2.45) is 11.7 Å². The molecule has 0 radical (unpaired) electrons. The lowest BCUT2D eigenvalue weighted by Crippen LogP contribution is -2.37. The van der Waals surface area contributed by atoms with Crippen LogP contribution in [-0.4, -0.2) is 30.4 Å². The van der Waals surface area contributed by atoms with E-state index in [-0.39, 0.29) is 12.5 Å². The van der Waals surface area contributed by atoms with Gasteiger partial charge in [0.05, 0.1) is 6.54 Å². The first-order valence-corrected chi connectivity index (χ1v) is 4.70. The molecular weight excluding hydrogens is 164 g/mol. The second-order valence-electron chi connectivity index (χ2n) is 3.52. The maximum absolute atomic E-state index is 11.3. The molecule has 3 nitrogen and oxygen atoms in total. The number of rotatable bonds is 6. The van der Waals surface area contributed by atoms with Gasteiger partial charge in [-0.25, -0.2) is 0 Å². The minimum Gasteiger partial charge on any atom is -0.338 e. The third kappa shape index (κ3) is 5.42. The third-order valence-electron chi connectivity index (χ3n) is 1.85. The highest BCUT2D eigenvalue weighted by atomic mass is 16.2. The molecule has 0 rings (SSSR count). The number of hydrogen-bond donors (Lipinski definition) is 1. The van der Waals surface area contributed by atoms with Crippen LogP contribution in [0.5, 0.6) is 0 Å². The van der Waals surface area contributed by atoms with Crippen LogP contribution in [0.2, 0.25) is 0 Å². The molecule has 3 heteroatoms. The molecule has 0 aromatic rings. The highest BCUT2D eigenvalue weighted by Gasteiger charge is 2.09. The zero-order valence-electron chi connectivity index (χ0n) is 8.62. The molecule has 0 atom stereocenters. The molecular formula is C10H20N2O. The molecule has 76 valence electrons. The Morgan fingerprint density at radius 1 is 1.62 bits per heavy atom. The van der Waals surface area contributed by atoms with Crippen molar-refractivity contribution in [1.29, 1.82) is 0 Å². The lowest BCUT2D eigenvalue weighted by molar-refractivity contribution is -0.129. The van der Waals surface area contributed by atoms with Gasteiger partial charge in [0, 0.05) is 13.1 Å². The van der Waals surface area contributed by atoms with Gasteiger partial charge in [-0.3, -0.25) is 4.79 Å². The maximum atomic E-state index is 11.3. The van der Waals surface area contributed by atoms with Crippen molar-refractivity contribution in [3.05, 3.63) is 12.7 Å². The summed E-state index contributed by atoms with van der Waals surface area (Å²) < 4.78 is 0. The Bertz CT molecular complexity index is 166. The normalized spacial score (nSPS) is 10.2. The van der Waals surface area contributed by atoms with E-state index in [2.05, 4.69) is 20.4 Å². The molecule has 0 heterocycles. The molecule has 13 heavy (non-hydrogen) atoms. The lowest BCUT2D eigenvalue weighted by Gasteiger charge is -2.21. The van der Waals surface area contributed by atoms with Crippen LogP contribution in [0.25, 0.3) is 0 Å². The van der Waals surface area contributed by atoms with Gasteiger partial charge in [-0.1, -0.05) is 19.9 Å². The number of nitrogens with zero attached hydrogens (tertiary/aromatic N) is 1. The highest BCUT2D eigenvalue weighted by Crippen LogP contribution is 2.02. The molecule has 0 aliphatic carbocycles. The molecule has 0 aliphatic heterocycles. The van der Waals surface area contributed by atoms with Crippen LogP contribution in [0, 0.1) is 5.92 Å². The summed E-state index contributed by atoms with van der Waals surface area (Å²) in [6.07, 6.45) is 2.74. The van der Waals surface area contributed by atoms with Crippen LogP contribution in [0.1, 0.15) is 20.3 Å². The first-order valence-electron chi connectivity index (χ1n) is 4.70. The van der Waals surface area contributed by atoms with Crippen LogP contribution >= 0.6 is 0 Å². The zero-order chi connectivity index (χ0) is 10.3. The summed E-state index contributed by atoms with van der Waals surface area (Å²) in [7, 11) is 0. The highest BCUT2D eigenvalue weighted by molar-refractivity contribution is 5.78. The van der Waals surface area contributed by atoms with Crippen molar-refractivity contribution in [3.8, 4) is 0 Å². The lowest BCUT2D eigenvalue weighted by atomic mass is 10.1. The van der Waals surface area contributed by atoms with Gasteiger partial charge in [0.15, 0.2) is 0 Å². The summed E-state index contributed by atoms with van der Waals surface area (Å²) >= 11 is 0. The van der Waals surface area contributed by atoms with Crippen LogP contribution in [0.3, 0.4) is 0 Å². The topological polar surface area (TPSA) is 46.3 Å². The number of amides is 1. The minimum atomic E-state index is 0.000509. The quantitative estimate of drug-likeness (QED) is 0.626. The zero-order valence-corrected chi connectivity index (χ0v) is 8.62. The van der Waals surface area contributed by atoms with Crippen LogP contribution < -0.4 is 5.73 Å². The summed E-state index contributed by atoms with van der Waals surface area (Å²) in [5.41, 5.74) is 5.28. The van der Waals surface area contributed by atoms with E-state index in [9.17, 15) is 4.79 Å². The van der Waals surface area contributed by atoms with Crippen LogP contribution in [0.4, 0.5) is 0 Å². The molecule has 0 fully saturated rings. The Morgan fingerprint density at radius 3 is 2.62 bits per heavy atom. The minimum absolute atomic E-state index is 0.000509. The molecule has 0 aromatic carbocycles. The molecule has 0 spiro atoms. The van der Waals surface area contributed by atoms with E-state index in [0.717, 1.165) is 13.0 Å². The van der Waals surface area contributed by atoms with Crippen molar-refractivity contribution < 1.29 is 4.79 Å². The van der Waals surface area contributed by atoms with Crippen molar-refractivity contribution in [1.82, 2.24) is 4.90 Å². The van der Waals surface area contributed by atoms with Gasteiger partial charge in [0.25, 0.3) is 0 Å². The van der Waals surface area contributed by atoms with E-state index >= 15 is 0 Å². The van der Waals surface area contributed by atoms with E-state index < -0.39 is 0 Å². The molecule has 0 aromatic heterocycles. The molecule has 0 aliphatic rings. The summed E-state index contributed by atoms with van der Waals surface area (Å²) in [4.78, 5) is 13.0. The summed E-state index contributed by atoms with van der Waals surface area (Å²) in [6, 6.07) is 0. The van der Waals surface area contributed by atoms with Crippen LogP contribution in [-0.2, 0) is 4.79 Å². The molecule has 0 unspecified atom stereocenters. The Labute approximate surface area is 80.6 Å². The Hall–Kier alpha value is -0.830. The Balaban J connectivity index is 3.93. The average molecular weight is 184 g/mol.